The summed E-state index contributed by atoms with van der Waals surface area (Å²) in [5.74, 6) is -0.142. The molecule has 0 radical (unpaired) electrons. The molecule has 1 aliphatic carbocycles. The molecule has 0 aromatic carbocycles. The summed E-state index contributed by atoms with van der Waals surface area (Å²) < 4.78 is 0. The van der Waals surface area contributed by atoms with Gasteiger partial charge in [-0.15, -0.1) is 12.4 Å². The second-order valence-corrected chi connectivity index (χ2v) is 5.04. The Kier molecular flexibility index (Phi) is 2.88. The molecule has 5 heteroatoms. The maximum absolute atomic E-state index is 11.2. The lowest BCUT2D eigenvalue weighted by atomic mass is 9.96. The summed E-state index contributed by atoms with van der Waals surface area (Å²) in [5.41, 5.74) is 7.09. The summed E-state index contributed by atoms with van der Waals surface area (Å²) in [6.45, 7) is 2.85. The monoisotopic (exact) mass is 243 g/mol. The zero-order chi connectivity index (χ0) is 10.5. The number of amides is 1. The van der Waals surface area contributed by atoms with E-state index >= 15 is 0 Å². The van der Waals surface area contributed by atoms with Crippen molar-refractivity contribution in [3.05, 3.63) is 11.8 Å². The van der Waals surface area contributed by atoms with Gasteiger partial charge in [0.1, 0.15) is 0 Å². The molecular weight excluding hydrogens is 226 g/mol. The van der Waals surface area contributed by atoms with Crippen molar-refractivity contribution < 1.29 is 4.79 Å². The minimum absolute atomic E-state index is 0. The van der Waals surface area contributed by atoms with Gasteiger partial charge in [-0.2, -0.15) is 0 Å². The molecule has 16 heavy (non-hydrogen) atoms. The average molecular weight is 244 g/mol. The molecule has 1 saturated carbocycles. The van der Waals surface area contributed by atoms with E-state index in [0.29, 0.717) is 5.54 Å². The number of hydrogen-bond donors (Lipinski definition) is 2. The highest BCUT2D eigenvalue weighted by Crippen LogP contribution is 2.40. The van der Waals surface area contributed by atoms with Crippen LogP contribution in [-0.4, -0.2) is 36.0 Å². The van der Waals surface area contributed by atoms with Crippen molar-refractivity contribution >= 4 is 18.3 Å². The number of nitrogens with zero attached hydrogens (tertiary/aromatic N) is 1. The van der Waals surface area contributed by atoms with Crippen LogP contribution in [0.5, 0.6) is 0 Å². The molecule has 2 fully saturated rings. The van der Waals surface area contributed by atoms with E-state index in [4.69, 9.17) is 5.73 Å². The molecule has 3 rings (SSSR count). The van der Waals surface area contributed by atoms with Crippen molar-refractivity contribution in [1.29, 1.82) is 0 Å². The van der Waals surface area contributed by atoms with Crippen LogP contribution in [0.2, 0.25) is 0 Å². The van der Waals surface area contributed by atoms with E-state index in [9.17, 15) is 4.79 Å². The number of primary amides is 1. The predicted octanol–water partition coefficient (Wildman–Crippen LogP) is 0.235. The van der Waals surface area contributed by atoms with E-state index in [1.54, 1.807) is 0 Å². The quantitative estimate of drug-likeness (QED) is 0.694. The lowest BCUT2D eigenvalue weighted by Crippen LogP contribution is -2.54. The molecule has 1 atom stereocenters. The van der Waals surface area contributed by atoms with Crippen molar-refractivity contribution in [3.8, 4) is 0 Å². The van der Waals surface area contributed by atoms with Crippen LogP contribution in [0.15, 0.2) is 11.8 Å². The molecule has 0 aromatic heterocycles. The molecule has 4 nitrogen and oxygen atoms in total. The van der Waals surface area contributed by atoms with Crippen LogP contribution in [0.1, 0.15) is 19.3 Å². The first kappa shape index (κ1) is 11.7. The first-order valence-corrected chi connectivity index (χ1v) is 5.67. The van der Waals surface area contributed by atoms with Crippen molar-refractivity contribution in [2.75, 3.05) is 19.6 Å². The van der Waals surface area contributed by atoms with Gasteiger partial charge >= 0.3 is 0 Å². The van der Waals surface area contributed by atoms with Crippen molar-refractivity contribution in [1.82, 2.24) is 10.2 Å². The van der Waals surface area contributed by atoms with E-state index in [2.05, 4.69) is 16.3 Å². The number of hydrogen-bond acceptors (Lipinski definition) is 3. The topological polar surface area (TPSA) is 58.4 Å². The molecular formula is C11H18ClN3O. The number of halogens is 1. The summed E-state index contributed by atoms with van der Waals surface area (Å²) in [7, 11) is 0. The third kappa shape index (κ3) is 1.92. The smallest absolute Gasteiger partial charge is 0.222 e. The number of fused-ring (bicyclic) bond motifs is 1. The summed E-state index contributed by atoms with van der Waals surface area (Å²) in [6.07, 6.45) is 5.53. The number of nitrogens with one attached hydrogen (secondary N) is 1. The van der Waals surface area contributed by atoms with Crippen LogP contribution < -0.4 is 11.1 Å². The fourth-order valence-corrected chi connectivity index (χ4v) is 2.61. The second-order valence-electron chi connectivity index (χ2n) is 5.04. The molecule has 2 aliphatic heterocycles. The molecule has 0 aromatic rings. The van der Waals surface area contributed by atoms with E-state index in [-0.39, 0.29) is 24.2 Å². The largest absolute Gasteiger partial charge is 0.371 e. The normalized spacial score (nSPS) is 30.1. The van der Waals surface area contributed by atoms with Gasteiger partial charge in [0, 0.05) is 30.9 Å². The second kappa shape index (κ2) is 3.93. The van der Waals surface area contributed by atoms with Gasteiger partial charge in [-0.05, 0) is 19.3 Å². The van der Waals surface area contributed by atoms with Crippen LogP contribution in [0.3, 0.4) is 0 Å². The van der Waals surface area contributed by atoms with Gasteiger partial charge in [0.25, 0.3) is 0 Å². The lowest BCUT2D eigenvalue weighted by molar-refractivity contribution is -0.122. The number of carbonyl (C=O) groups is 1. The van der Waals surface area contributed by atoms with Crippen molar-refractivity contribution in [2.45, 2.75) is 24.8 Å². The Morgan fingerprint density at radius 1 is 1.56 bits per heavy atom. The fourth-order valence-electron chi connectivity index (χ4n) is 2.61. The van der Waals surface area contributed by atoms with E-state index in [0.717, 1.165) is 26.1 Å². The van der Waals surface area contributed by atoms with Gasteiger partial charge in [-0.3, -0.25) is 4.79 Å². The Morgan fingerprint density at radius 2 is 2.31 bits per heavy atom. The Labute approximate surface area is 102 Å². The van der Waals surface area contributed by atoms with Gasteiger partial charge in [0.2, 0.25) is 5.91 Å². The lowest BCUT2D eigenvalue weighted by Gasteiger charge is -2.41. The Balaban J connectivity index is 0.000000963. The summed E-state index contributed by atoms with van der Waals surface area (Å²) >= 11 is 0. The van der Waals surface area contributed by atoms with E-state index < -0.39 is 0 Å². The molecule has 90 valence electrons. The first-order chi connectivity index (χ1) is 7.19. The summed E-state index contributed by atoms with van der Waals surface area (Å²) in [6, 6.07) is 0. The number of piperazine rings is 1. The third-order valence-corrected chi connectivity index (χ3v) is 3.88. The predicted molar refractivity (Wildman–Crippen MR) is 64.2 cm³/mol. The van der Waals surface area contributed by atoms with Gasteiger partial charge < -0.3 is 16.0 Å². The van der Waals surface area contributed by atoms with E-state index in [1.165, 1.54) is 18.5 Å². The van der Waals surface area contributed by atoms with Gasteiger partial charge in [0.05, 0.1) is 5.92 Å². The number of rotatable bonds is 1. The molecule has 1 amide bonds. The number of nitrogens with two attached hydrogens (primary N) is 1. The number of carbonyl (C=O) groups excluding carboxylic acids is 1. The highest BCUT2D eigenvalue weighted by atomic mass is 35.5. The third-order valence-electron chi connectivity index (χ3n) is 3.88. The Hall–Kier alpha value is -0.740. The molecule has 0 bridgehead atoms. The Bertz CT molecular complexity index is 338. The SMILES string of the molecule is Cl.NC(=O)C1CC=C2CNC3(CC3)CN2C1. The fraction of sp³-hybridized carbons (Fsp3) is 0.727. The first-order valence-electron chi connectivity index (χ1n) is 5.67. The minimum atomic E-state index is -0.159. The standard InChI is InChI=1S/C11H17N3O.ClH/c12-10(15)8-1-2-9-5-13-11(3-4-11)7-14(9)6-8;/h2,8,13H,1,3-7H2,(H2,12,15);1H. The molecule has 3 N–H and O–H groups in total. The zero-order valence-corrected chi connectivity index (χ0v) is 10.1. The molecule has 1 saturated heterocycles. The Morgan fingerprint density at radius 3 is 2.94 bits per heavy atom. The maximum Gasteiger partial charge on any atom is 0.222 e. The van der Waals surface area contributed by atoms with Gasteiger partial charge in [-0.1, -0.05) is 6.08 Å². The highest BCUT2D eigenvalue weighted by Gasteiger charge is 2.47. The van der Waals surface area contributed by atoms with Crippen LogP contribution in [-0.2, 0) is 4.79 Å². The van der Waals surface area contributed by atoms with Crippen LogP contribution in [0, 0.1) is 5.92 Å². The van der Waals surface area contributed by atoms with E-state index in [1.807, 2.05) is 0 Å². The average Bonchev–Trinajstić information content (AvgIpc) is 2.96. The minimum Gasteiger partial charge on any atom is -0.371 e. The summed E-state index contributed by atoms with van der Waals surface area (Å²) in [4.78, 5) is 13.5. The molecule has 1 spiro atoms. The maximum atomic E-state index is 11.2. The molecule has 3 aliphatic rings. The van der Waals surface area contributed by atoms with Gasteiger partial charge in [-0.25, -0.2) is 0 Å². The van der Waals surface area contributed by atoms with Crippen LogP contribution >= 0.6 is 12.4 Å². The number of allylic oxidation sites excluding steroid dienone is 1. The zero-order valence-electron chi connectivity index (χ0n) is 9.24. The summed E-state index contributed by atoms with van der Waals surface area (Å²) in [5, 5.41) is 3.59. The van der Waals surface area contributed by atoms with Crippen molar-refractivity contribution in [2.24, 2.45) is 11.7 Å². The highest BCUT2D eigenvalue weighted by molar-refractivity contribution is 5.85. The molecule has 2 heterocycles. The van der Waals surface area contributed by atoms with Crippen LogP contribution in [0.25, 0.3) is 0 Å². The van der Waals surface area contributed by atoms with Gasteiger partial charge in [0.15, 0.2) is 0 Å². The molecule has 1 unspecified atom stereocenters. The van der Waals surface area contributed by atoms with Crippen LogP contribution in [0.4, 0.5) is 0 Å². The van der Waals surface area contributed by atoms with Crippen molar-refractivity contribution in [3.63, 3.8) is 0 Å².